The van der Waals surface area contributed by atoms with Crippen molar-refractivity contribution in [1.29, 1.82) is 0 Å². The van der Waals surface area contributed by atoms with Crippen LogP contribution in [0.25, 0.3) is 0 Å². The van der Waals surface area contributed by atoms with Gasteiger partial charge < -0.3 is 0 Å². The Morgan fingerprint density at radius 2 is 2.38 bits per heavy atom. The van der Waals surface area contributed by atoms with Gasteiger partial charge in [0.15, 0.2) is 6.54 Å². The second kappa shape index (κ2) is 4.35. The molecule has 0 amide bonds. The highest BCUT2D eigenvalue weighted by atomic mass is 14.9. The van der Waals surface area contributed by atoms with Crippen molar-refractivity contribution >= 4 is 6.21 Å². The molecule has 1 heteroatoms. The molecule has 0 aliphatic heterocycles. The zero-order valence-electron chi connectivity index (χ0n) is 5.52. The van der Waals surface area contributed by atoms with Gasteiger partial charge in [0.25, 0.3) is 0 Å². The van der Waals surface area contributed by atoms with Gasteiger partial charge >= 0.3 is 0 Å². The van der Waals surface area contributed by atoms with Gasteiger partial charge in [0.2, 0.25) is 0 Å². The van der Waals surface area contributed by atoms with Crippen LogP contribution in [0, 0.1) is 0 Å². The van der Waals surface area contributed by atoms with Crippen molar-refractivity contribution in [1.82, 2.24) is 0 Å². The van der Waals surface area contributed by atoms with E-state index < -0.39 is 0 Å². The lowest BCUT2D eigenvalue weighted by molar-refractivity contribution is -0.481. The van der Waals surface area contributed by atoms with Crippen LogP contribution in [-0.2, 0) is 0 Å². The fourth-order valence-electron chi connectivity index (χ4n) is 0.314. The lowest BCUT2D eigenvalue weighted by Crippen LogP contribution is -2.03. The number of nitrogens with zero attached hydrogens (tertiary/aromatic N) is 1. The quantitative estimate of drug-likeness (QED) is 0.284. The molecule has 0 heterocycles. The Balaban J connectivity index is 3.55. The summed E-state index contributed by atoms with van der Waals surface area (Å²) in [5, 5.41) is 0. The zero-order chi connectivity index (χ0) is 6.41. The van der Waals surface area contributed by atoms with Crippen molar-refractivity contribution in [2.45, 2.75) is 6.92 Å². The van der Waals surface area contributed by atoms with E-state index in [2.05, 4.69) is 16.9 Å². The third-order valence-corrected chi connectivity index (χ3v) is 0.964. The highest BCUT2D eigenvalue weighted by molar-refractivity contribution is 5.46. The van der Waals surface area contributed by atoms with E-state index in [1.54, 1.807) is 0 Å². The lowest BCUT2D eigenvalue weighted by atomic mass is 10.6. The molecule has 8 heavy (non-hydrogen) atoms. The molecule has 0 aromatic rings. The third kappa shape index (κ3) is 3.38. The van der Waals surface area contributed by atoms with Gasteiger partial charge in [-0.3, -0.25) is 0 Å². The minimum Gasteiger partial charge on any atom is -0.238 e. The Labute approximate surface area is 50.7 Å². The first-order chi connectivity index (χ1) is 3.81. The SMILES string of the molecule is C=C=CC[N+](C)=CC. The minimum atomic E-state index is 0.903. The van der Waals surface area contributed by atoms with Gasteiger partial charge in [-0.1, -0.05) is 6.58 Å². The molecule has 0 radical (unpaired) electrons. The van der Waals surface area contributed by atoms with E-state index in [9.17, 15) is 0 Å². The summed E-state index contributed by atoms with van der Waals surface area (Å²) in [6, 6.07) is 0. The standard InChI is InChI=1S/C7H12N/c1-4-6-7-8(3)5-2/h5-6H,1,7H2,2-3H3/q+1. The molecule has 44 valence electrons. The molecule has 0 bridgehead atoms. The van der Waals surface area contributed by atoms with Crippen LogP contribution in [-0.4, -0.2) is 24.4 Å². The molecule has 0 spiro atoms. The molecule has 0 saturated heterocycles. The average Bonchev–Trinajstić information content (AvgIpc) is 1.83. The van der Waals surface area contributed by atoms with E-state index in [4.69, 9.17) is 0 Å². The Kier molecular flexibility index (Phi) is 3.91. The number of rotatable bonds is 2. The van der Waals surface area contributed by atoms with Gasteiger partial charge in [0.05, 0.1) is 0 Å². The van der Waals surface area contributed by atoms with Gasteiger partial charge in [-0.15, -0.1) is 5.73 Å². The summed E-state index contributed by atoms with van der Waals surface area (Å²) in [5.41, 5.74) is 2.70. The van der Waals surface area contributed by atoms with E-state index in [0.29, 0.717) is 0 Å². The molecule has 0 aromatic heterocycles. The summed E-state index contributed by atoms with van der Waals surface area (Å²) in [7, 11) is 2.01. The van der Waals surface area contributed by atoms with Crippen LogP contribution in [0.1, 0.15) is 6.92 Å². The van der Waals surface area contributed by atoms with Crippen LogP contribution in [0.15, 0.2) is 18.4 Å². The Hall–Kier alpha value is -0.810. The van der Waals surface area contributed by atoms with Gasteiger partial charge in [0, 0.05) is 13.0 Å². The maximum atomic E-state index is 3.45. The fraction of sp³-hybridized carbons (Fsp3) is 0.429. The monoisotopic (exact) mass is 110 g/mol. The smallest absolute Gasteiger partial charge is 0.168 e. The van der Waals surface area contributed by atoms with Crippen LogP contribution in [0.3, 0.4) is 0 Å². The van der Waals surface area contributed by atoms with E-state index >= 15 is 0 Å². The van der Waals surface area contributed by atoms with E-state index in [1.807, 2.05) is 26.3 Å². The second-order valence-electron chi connectivity index (χ2n) is 1.61. The van der Waals surface area contributed by atoms with Crippen molar-refractivity contribution in [3.05, 3.63) is 18.4 Å². The van der Waals surface area contributed by atoms with Crippen LogP contribution in [0.2, 0.25) is 0 Å². The van der Waals surface area contributed by atoms with Crippen LogP contribution < -0.4 is 0 Å². The Bertz CT molecular complexity index is 127. The molecule has 0 unspecified atom stereocenters. The van der Waals surface area contributed by atoms with Crippen LogP contribution in [0.5, 0.6) is 0 Å². The molecule has 0 aliphatic rings. The number of likely N-dealkylation sites (N-methyl/N-ethyl adjacent to an activating group) is 1. The van der Waals surface area contributed by atoms with E-state index in [0.717, 1.165) is 6.54 Å². The summed E-state index contributed by atoms with van der Waals surface area (Å²) in [6.07, 6.45) is 3.90. The lowest BCUT2D eigenvalue weighted by Gasteiger charge is -1.84. The number of hydrogen-bond donors (Lipinski definition) is 0. The predicted octanol–water partition coefficient (Wildman–Crippen LogP) is 1.06. The van der Waals surface area contributed by atoms with Gasteiger partial charge in [0.1, 0.15) is 13.3 Å². The number of hydrogen-bond acceptors (Lipinski definition) is 0. The van der Waals surface area contributed by atoms with Crippen molar-refractivity contribution in [2.75, 3.05) is 13.6 Å². The first-order valence-corrected chi connectivity index (χ1v) is 2.65. The van der Waals surface area contributed by atoms with Gasteiger partial charge in [-0.2, -0.15) is 0 Å². The molecule has 0 aliphatic carbocycles. The normalized spacial score (nSPS) is 10.5. The van der Waals surface area contributed by atoms with Gasteiger partial charge in [-0.05, 0) is 0 Å². The first-order valence-electron chi connectivity index (χ1n) is 2.65. The Morgan fingerprint density at radius 3 is 2.75 bits per heavy atom. The van der Waals surface area contributed by atoms with E-state index in [1.165, 1.54) is 0 Å². The van der Waals surface area contributed by atoms with Crippen LogP contribution in [0.4, 0.5) is 0 Å². The van der Waals surface area contributed by atoms with Crippen molar-refractivity contribution in [2.24, 2.45) is 0 Å². The van der Waals surface area contributed by atoms with Crippen molar-refractivity contribution in [3.63, 3.8) is 0 Å². The summed E-state index contributed by atoms with van der Waals surface area (Å²) >= 11 is 0. The molecule has 0 aromatic carbocycles. The molecule has 0 N–H and O–H groups in total. The van der Waals surface area contributed by atoms with Gasteiger partial charge in [-0.25, -0.2) is 4.58 Å². The average molecular weight is 110 g/mol. The summed E-state index contributed by atoms with van der Waals surface area (Å²) < 4.78 is 2.05. The third-order valence-electron chi connectivity index (χ3n) is 0.964. The summed E-state index contributed by atoms with van der Waals surface area (Å²) in [4.78, 5) is 0. The highest BCUT2D eigenvalue weighted by Gasteiger charge is 1.82. The molecular weight excluding hydrogens is 98.1 g/mol. The van der Waals surface area contributed by atoms with Crippen molar-refractivity contribution < 1.29 is 4.58 Å². The van der Waals surface area contributed by atoms with E-state index in [-0.39, 0.29) is 0 Å². The molecule has 1 nitrogen and oxygen atoms in total. The molecule has 0 atom stereocenters. The maximum absolute atomic E-state index is 3.45. The molecule has 0 rings (SSSR count). The second-order valence-corrected chi connectivity index (χ2v) is 1.61. The first kappa shape index (κ1) is 7.19. The van der Waals surface area contributed by atoms with Crippen molar-refractivity contribution in [3.8, 4) is 0 Å². The molecular formula is C7H12N+. The summed E-state index contributed by atoms with van der Waals surface area (Å²) in [5.74, 6) is 0. The minimum absolute atomic E-state index is 0.903. The highest BCUT2D eigenvalue weighted by Crippen LogP contribution is 1.66. The molecule has 0 fully saturated rings. The summed E-state index contributed by atoms with van der Waals surface area (Å²) in [6.45, 7) is 6.35. The fourth-order valence-corrected chi connectivity index (χ4v) is 0.314. The maximum Gasteiger partial charge on any atom is 0.168 e. The zero-order valence-corrected chi connectivity index (χ0v) is 5.52. The predicted molar refractivity (Wildman–Crippen MR) is 36.5 cm³/mol. The van der Waals surface area contributed by atoms with Crippen LogP contribution >= 0.6 is 0 Å². The topological polar surface area (TPSA) is 3.01 Å². The largest absolute Gasteiger partial charge is 0.238 e. The Morgan fingerprint density at radius 1 is 1.75 bits per heavy atom. The molecule has 0 saturated carbocycles.